The van der Waals surface area contributed by atoms with Crippen LogP contribution in [0.2, 0.25) is 0 Å². The fourth-order valence-electron chi connectivity index (χ4n) is 10.5. The fraction of sp³-hybridized carbons (Fsp3) is 0.188. The molecular formula is C69H63N4OPt-3. The van der Waals surface area contributed by atoms with Crippen LogP contribution in [0.15, 0.2) is 213 Å². The van der Waals surface area contributed by atoms with Crippen molar-refractivity contribution < 1.29 is 25.8 Å². The summed E-state index contributed by atoms with van der Waals surface area (Å²) in [6.45, 7) is 22.7. The maximum absolute atomic E-state index is 6.93. The Kier molecular flexibility index (Phi) is 13.6. The molecule has 0 fully saturated rings. The number of hydrogen-bond donors (Lipinski definition) is 0. The van der Waals surface area contributed by atoms with Crippen LogP contribution in [0.25, 0.3) is 38.8 Å². The first-order valence-corrected chi connectivity index (χ1v) is 25.8. The first-order chi connectivity index (χ1) is 35.5. The largest absolute Gasteiger partial charge is 0.509 e. The summed E-state index contributed by atoms with van der Waals surface area (Å²) >= 11 is 0. The summed E-state index contributed by atoms with van der Waals surface area (Å²) in [6.07, 6.45) is 6.15. The molecule has 0 aliphatic carbocycles. The molecule has 0 spiro atoms. The van der Waals surface area contributed by atoms with Crippen LogP contribution in [0.5, 0.6) is 11.5 Å². The number of fused-ring (bicyclic) bond motifs is 3. The van der Waals surface area contributed by atoms with Crippen LogP contribution in [0.1, 0.15) is 101 Å². The van der Waals surface area contributed by atoms with Gasteiger partial charge in [-0.05, 0) is 98.0 Å². The maximum atomic E-state index is 6.93. The third-order valence-corrected chi connectivity index (χ3v) is 15.4. The second kappa shape index (κ2) is 20.0. The van der Waals surface area contributed by atoms with Crippen LogP contribution in [0, 0.1) is 18.8 Å². The molecule has 1 aliphatic heterocycles. The summed E-state index contributed by atoms with van der Waals surface area (Å²) in [7, 11) is 0. The van der Waals surface area contributed by atoms with Gasteiger partial charge in [0.25, 0.3) is 0 Å². The Labute approximate surface area is 458 Å². The van der Waals surface area contributed by atoms with Gasteiger partial charge in [-0.25, -0.2) is 4.98 Å². The molecule has 0 saturated carbocycles. The molecule has 6 heteroatoms. The van der Waals surface area contributed by atoms with Gasteiger partial charge in [0.05, 0.1) is 0 Å². The maximum Gasteiger partial charge on any atom is 0.135 e. The molecule has 5 nitrogen and oxygen atoms in total. The van der Waals surface area contributed by atoms with Gasteiger partial charge in [-0.15, -0.1) is 53.6 Å². The summed E-state index contributed by atoms with van der Waals surface area (Å²) in [5.41, 5.74) is 13.9. The van der Waals surface area contributed by atoms with Crippen LogP contribution in [0.3, 0.4) is 0 Å². The first kappa shape index (κ1) is 51.0. The third-order valence-electron chi connectivity index (χ3n) is 15.4. The van der Waals surface area contributed by atoms with Gasteiger partial charge in [0, 0.05) is 66.2 Å². The zero-order valence-electron chi connectivity index (χ0n) is 44.3. The minimum Gasteiger partial charge on any atom is -0.509 e. The van der Waals surface area contributed by atoms with Crippen molar-refractivity contribution in [3.63, 3.8) is 0 Å². The van der Waals surface area contributed by atoms with E-state index in [1.54, 1.807) is 0 Å². The Hall–Kier alpha value is -7.46. The molecular weight excluding hydrogens is 1100 g/mol. The summed E-state index contributed by atoms with van der Waals surface area (Å²) in [4.78, 5) is 9.34. The number of rotatable bonds is 12. The normalized spacial score (nSPS) is 13.1. The fourth-order valence-corrected chi connectivity index (χ4v) is 10.5. The van der Waals surface area contributed by atoms with E-state index in [1.807, 2.05) is 18.3 Å². The zero-order valence-corrected chi connectivity index (χ0v) is 46.6. The minimum atomic E-state index is -0.254. The van der Waals surface area contributed by atoms with E-state index in [1.165, 1.54) is 38.9 Å². The van der Waals surface area contributed by atoms with E-state index < -0.39 is 0 Å². The molecule has 2 aromatic heterocycles. The Morgan fingerprint density at radius 3 is 1.59 bits per heavy atom. The predicted octanol–water partition coefficient (Wildman–Crippen LogP) is 17.4. The molecule has 11 rings (SSSR count). The zero-order chi connectivity index (χ0) is 51.4. The van der Waals surface area contributed by atoms with Crippen LogP contribution in [-0.4, -0.2) is 9.55 Å². The van der Waals surface area contributed by atoms with Crippen molar-refractivity contribution in [2.24, 2.45) is 0 Å². The number of aromatic nitrogens is 2. The van der Waals surface area contributed by atoms with Gasteiger partial charge in [0.1, 0.15) is 5.82 Å². The monoisotopic (exact) mass is 1160 g/mol. The van der Waals surface area contributed by atoms with Gasteiger partial charge in [-0.3, -0.25) is 0 Å². The van der Waals surface area contributed by atoms with Gasteiger partial charge in [-0.1, -0.05) is 207 Å². The van der Waals surface area contributed by atoms with E-state index in [0.717, 1.165) is 50.1 Å². The van der Waals surface area contributed by atoms with E-state index in [9.17, 15) is 0 Å². The number of hydrogen-bond acceptors (Lipinski definition) is 4. The minimum absolute atomic E-state index is 0. The molecule has 0 radical (unpaired) electrons. The Balaban J connectivity index is 0.00000641. The average Bonchev–Trinajstić information content (AvgIpc) is 4.06. The SMILES string of the molecule is CC(C)(C)c1ccnc(-n2c3[c-]c(Oc4[c-]c(N5C=CN(c6cc(C(C)(C)c7ccccc7)cc(C(C)(C)c7ccccc7)c6)[CH-]5)cc(-c5ccccc5)c4)ccc3c3cc(C(C)(C)c4ccccc4)ccc32)c1.[Pt]. The van der Waals surface area contributed by atoms with Crippen LogP contribution >= 0.6 is 0 Å². The van der Waals surface area contributed by atoms with E-state index in [0.29, 0.717) is 11.5 Å². The molecule has 0 unspecified atom stereocenters. The van der Waals surface area contributed by atoms with Crippen molar-refractivity contribution in [1.82, 2.24) is 9.55 Å². The number of anilines is 2. The van der Waals surface area contributed by atoms with Gasteiger partial charge in [0.15, 0.2) is 0 Å². The molecule has 0 atom stereocenters. The van der Waals surface area contributed by atoms with E-state index in [4.69, 9.17) is 9.72 Å². The molecule has 3 heterocycles. The molecule has 0 N–H and O–H groups in total. The Morgan fingerprint density at radius 2 is 1.00 bits per heavy atom. The van der Waals surface area contributed by atoms with E-state index >= 15 is 0 Å². The van der Waals surface area contributed by atoms with Crippen molar-refractivity contribution in [1.29, 1.82) is 0 Å². The molecule has 75 heavy (non-hydrogen) atoms. The summed E-state index contributed by atoms with van der Waals surface area (Å²) in [5.74, 6) is 2.00. The molecule has 378 valence electrons. The second-order valence-electron chi connectivity index (χ2n) is 22.4. The van der Waals surface area contributed by atoms with Crippen molar-refractivity contribution in [3.05, 3.63) is 270 Å². The van der Waals surface area contributed by atoms with Crippen molar-refractivity contribution in [2.75, 3.05) is 9.80 Å². The summed E-state index contributed by atoms with van der Waals surface area (Å²) < 4.78 is 9.17. The topological polar surface area (TPSA) is 33.5 Å². The van der Waals surface area contributed by atoms with Gasteiger partial charge in [0.2, 0.25) is 0 Å². The predicted molar refractivity (Wildman–Crippen MR) is 307 cm³/mol. The molecule has 0 bridgehead atoms. The van der Waals surface area contributed by atoms with Crippen molar-refractivity contribution >= 4 is 33.2 Å². The molecule has 0 amide bonds. The molecule has 1 aliphatic rings. The number of pyridine rings is 1. The van der Waals surface area contributed by atoms with Gasteiger partial charge >= 0.3 is 0 Å². The molecule has 0 saturated heterocycles. The molecule has 8 aromatic carbocycles. The standard InChI is InChI=1S/C69H63N4O.Pt/c1-66(2,3)53-34-35-70-65(44-53)73-63-33-30-54(67(4,5)50-24-16-11-17-25-50)43-62(63)61-32-31-59(46-64(61)73)74-60-39-49(48-22-14-10-15-23-48)38-57(45-60)71-36-37-72(47-71)58-41-55(68(6,7)51-26-18-12-19-27-51)40-56(42-58)69(8,9)52-28-20-13-21-29-52;/h10-44,47H,1-9H3;/q-3;. The van der Waals surface area contributed by atoms with E-state index in [2.05, 4.69) is 290 Å². The number of ether oxygens (including phenoxy) is 1. The molecule has 10 aromatic rings. The van der Waals surface area contributed by atoms with Gasteiger partial charge in [-0.2, -0.15) is 6.07 Å². The third kappa shape index (κ3) is 9.87. The van der Waals surface area contributed by atoms with Crippen LogP contribution in [0.4, 0.5) is 11.4 Å². The quantitative estimate of drug-likeness (QED) is 0.114. The van der Waals surface area contributed by atoms with Crippen LogP contribution in [-0.2, 0) is 42.7 Å². The Morgan fingerprint density at radius 1 is 0.440 bits per heavy atom. The second-order valence-corrected chi connectivity index (χ2v) is 22.4. The summed E-state index contributed by atoms with van der Waals surface area (Å²) in [6, 6.07) is 77.0. The number of benzene rings is 8. The summed E-state index contributed by atoms with van der Waals surface area (Å²) in [5, 5.41) is 2.21. The van der Waals surface area contributed by atoms with Gasteiger partial charge < -0.3 is 19.1 Å². The smallest absolute Gasteiger partial charge is 0.135 e. The van der Waals surface area contributed by atoms with Crippen molar-refractivity contribution in [2.45, 2.75) is 84.0 Å². The Bertz CT molecular complexity index is 3610. The van der Waals surface area contributed by atoms with Crippen molar-refractivity contribution in [3.8, 4) is 28.4 Å². The first-order valence-electron chi connectivity index (χ1n) is 25.8. The van der Waals surface area contributed by atoms with E-state index in [-0.39, 0.29) is 42.7 Å². The van der Waals surface area contributed by atoms with Crippen LogP contribution < -0.4 is 14.5 Å². The average molecular weight is 1160 g/mol. The number of nitrogens with zero attached hydrogens (tertiary/aromatic N) is 4.